The summed E-state index contributed by atoms with van der Waals surface area (Å²) >= 11 is 6.23. The number of ether oxygens (including phenoxy) is 1. The number of carbonyl (C=O) groups excluding carboxylic acids is 2. The van der Waals surface area contributed by atoms with E-state index in [9.17, 15) is 18.0 Å². The van der Waals surface area contributed by atoms with Gasteiger partial charge >= 0.3 is 0 Å². The topological polar surface area (TPSA) is 117 Å². The maximum atomic E-state index is 13.0. The highest BCUT2D eigenvalue weighted by atomic mass is 35.5. The van der Waals surface area contributed by atoms with E-state index >= 15 is 0 Å². The van der Waals surface area contributed by atoms with Crippen LogP contribution in [-0.2, 0) is 21.2 Å². The van der Waals surface area contributed by atoms with E-state index in [1.54, 1.807) is 18.2 Å². The van der Waals surface area contributed by atoms with E-state index in [0.717, 1.165) is 38.4 Å². The van der Waals surface area contributed by atoms with Crippen LogP contribution in [0.2, 0.25) is 5.02 Å². The van der Waals surface area contributed by atoms with Crippen LogP contribution in [-0.4, -0.2) is 38.4 Å². The smallest absolute Gasteiger partial charge is 0.268 e. The number of sulfonamides is 1. The van der Waals surface area contributed by atoms with E-state index < -0.39 is 28.4 Å². The van der Waals surface area contributed by atoms with Gasteiger partial charge in [-0.2, -0.15) is 0 Å². The van der Waals surface area contributed by atoms with Crippen molar-refractivity contribution in [2.24, 2.45) is 0 Å². The van der Waals surface area contributed by atoms with Crippen LogP contribution < -0.4 is 14.8 Å². The number of fused-ring (bicyclic) bond motifs is 1. The Bertz CT molecular complexity index is 1560. The van der Waals surface area contributed by atoms with Gasteiger partial charge in [0.25, 0.3) is 21.8 Å². The Morgan fingerprint density at radius 3 is 2.34 bits per heavy atom. The number of carbonyl (C=O) groups is 2. The number of nitrogens with one attached hydrogen (secondary N) is 3. The summed E-state index contributed by atoms with van der Waals surface area (Å²) in [7, 11) is -4.03. The van der Waals surface area contributed by atoms with Crippen molar-refractivity contribution < 1.29 is 22.7 Å². The van der Waals surface area contributed by atoms with Gasteiger partial charge in [-0.15, -0.1) is 0 Å². The second-order valence-corrected chi connectivity index (χ2v) is 10.9. The molecule has 1 heterocycles. The van der Waals surface area contributed by atoms with Gasteiger partial charge in [0.15, 0.2) is 0 Å². The molecule has 0 saturated carbocycles. The maximum Gasteiger partial charge on any atom is 0.268 e. The van der Waals surface area contributed by atoms with Gasteiger partial charge in [-0.1, -0.05) is 48.0 Å². The van der Waals surface area contributed by atoms with Crippen molar-refractivity contribution in [3.63, 3.8) is 0 Å². The fraction of sp³-hybridized carbons (Fsp3) is 0.214. The molecule has 0 aliphatic rings. The summed E-state index contributed by atoms with van der Waals surface area (Å²) in [6.07, 6.45) is 1.19. The van der Waals surface area contributed by atoms with Crippen LogP contribution in [0, 0.1) is 13.8 Å². The standard InChI is InChI=1S/C28H28ClN3O5S/c1-18-15-20(16-19(2)26(18)29)37-14-8-12-23-22-11-6-7-13-24(22)31-27(23)28(34)30-17-25(33)32-38(35,36)21-9-4-3-5-10-21/h3-7,9-11,13,15-16,31H,8,12,14,17H2,1-2H3,(H,30,34)(H,32,33). The molecule has 198 valence electrons. The molecule has 3 N–H and O–H groups in total. The van der Waals surface area contributed by atoms with E-state index in [2.05, 4.69) is 10.3 Å². The van der Waals surface area contributed by atoms with Gasteiger partial charge in [0.1, 0.15) is 11.4 Å². The van der Waals surface area contributed by atoms with Gasteiger partial charge in [-0.05, 0) is 73.7 Å². The normalized spacial score (nSPS) is 11.3. The van der Waals surface area contributed by atoms with E-state index in [1.807, 2.05) is 55.0 Å². The van der Waals surface area contributed by atoms with Crippen molar-refractivity contribution in [2.45, 2.75) is 31.6 Å². The molecule has 0 spiro atoms. The number of aromatic nitrogens is 1. The second-order valence-electron chi connectivity index (χ2n) is 8.87. The number of halogens is 1. The molecular weight excluding hydrogens is 526 g/mol. The minimum absolute atomic E-state index is 0.0382. The van der Waals surface area contributed by atoms with Gasteiger partial charge in [0.2, 0.25) is 0 Å². The number of amides is 2. The predicted octanol–water partition coefficient (Wildman–Crippen LogP) is 4.68. The minimum Gasteiger partial charge on any atom is -0.494 e. The molecule has 4 aromatic rings. The van der Waals surface area contributed by atoms with Crippen LogP contribution >= 0.6 is 11.6 Å². The molecule has 0 aliphatic heterocycles. The molecule has 1 aromatic heterocycles. The van der Waals surface area contributed by atoms with Crippen LogP contribution in [0.4, 0.5) is 0 Å². The first-order valence-electron chi connectivity index (χ1n) is 12.0. The Morgan fingerprint density at radius 2 is 1.63 bits per heavy atom. The number of rotatable bonds is 10. The summed E-state index contributed by atoms with van der Waals surface area (Å²) in [4.78, 5) is 28.4. The van der Waals surface area contributed by atoms with Crippen LogP contribution in [0.3, 0.4) is 0 Å². The molecule has 2 amide bonds. The average molecular weight is 554 g/mol. The summed E-state index contributed by atoms with van der Waals surface area (Å²) < 4.78 is 32.6. The Balaban J connectivity index is 1.40. The second kappa shape index (κ2) is 11.7. The van der Waals surface area contributed by atoms with Gasteiger partial charge in [-0.3, -0.25) is 9.59 Å². The predicted molar refractivity (Wildman–Crippen MR) is 147 cm³/mol. The monoisotopic (exact) mass is 553 g/mol. The molecule has 8 nitrogen and oxygen atoms in total. The van der Waals surface area contributed by atoms with Crippen LogP contribution in [0.15, 0.2) is 71.6 Å². The Kier molecular flexibility index (Phi) is 8.38. The van der Waals surface area contributed by atoms with Crippen molar-refractivity contribution in [3.05, 3.63) is 94.1 Å². The lowest BCUT2D eigenvalue weighted by Gasteiger charge is -2.11. The highest BCUT2D eigenvalue weighted by Crippen LogP contribution is 2.27. The van der Waals surface area contributed by atoms with E-state index in [0.29, 0.717) is 25.1 Å². The zero-order chi connectivity index (χ0) is 27.3. The molecule has 3 aromatic carbocycles. The molecule has 0 atom stereocenters. The van der Waals surface area contributed by atoms with Crippen molar-refractivity contribution in [2.75, 3.05) is 13.2 Å². The first-order chi connectivity index (χ1) is 18.2. The highest BCUT2D eigenvalue weighted by molar-refractivity contribution is 7.90. The zero-order valence-electron chi connectivity index (χ0n) is 21.0. The molecule has 0 radical (unpaired) electrons. The minimum atomic E-state index is -4.03. The number of aromatic amines is 1. The molecule has 10 heteroatoms. The summed E-state index contributed by atoms with van der Waals surface area (Å²) in [5.41, 5.74) is 3.79. The molecular formula is C28H28ClN3O5S. The molecule has 0 saturated heterocycles. The Morgan fingerprint density at radius 1 is 0.974 bits per heavy atom. The van der Waals surface area contributed by atoms with E-state index in [4.69, 9.17) is 16.3 Å². The van der Waals surface area contributed by atoms with Gasteiger partial charge in [-0.25, -0.2) is 13.1 Å². The third-order valence-electron chi connectivity index (χ3n) is 6.00. The number of benzene rings is 3. The molecule has 38 heavy (non-hydrogen) atoms. The summed E-state index contributed by atoms with van der Waals surface area (Å²) in [5, 5.41) is 4.13. The van der Waals surface area contributed by atoms with Crippen molar-refractivity contribution in [1.82, 2.24) is 15.0 Å². The maximum absolute atomic E-state index is 13.0. The zero-order valence-corrected chi connectivity index (χ0v) is 22.6. The van der Waals surface area contributed by atoms with Crippen molar-refractivity contribution in [1.29, 1.82) is 0 Å². The van der Waals surface area contributed by atoms with Crippen LogP contribution in [0.1, 0.15) is 33.6 Å². The van der Waals surface area contributed by atoms with Gasteiger partial charge in [0.05, 0.1) is 18.0 Å². The summed E-state index contributed by atoms with van der Waals surface area (Å²) in [5.74, 6) is -0.618. The molecule has 4 rings (SSSR count). The third-order valence-corrected chi connectivity index (χ3v) is 7.99. The SMILES string of the molecule is Cc1cc(OCCCc2c(C(=O)NCC(=O)NS(=O)(=O)c3ccccc3)[nH]c3ccccc23)cc(C)c1Cl. The van der Waals surface area contributed by atoms with Crippen molar-refractivity contribution >= 4 is 44.3 Å². The number of para-hydroxylation sites is 1. The largest absolute Gasteiger partial charge is 0.494 e. The third kappa shape index (κ3) is 6.35. The highest BCUT2D eigenvalue weighted by Gasteiger charge is 2.21. The summed E-state index contributed by atoms with van der Waals surface area (Å²) in [6, 6.07) is 18.9. The van der Waals surface area contributed by atoms with E-state index in [1.165, 1.54) is 12.1 Å². The number of hydrogen-bond acceptors (Lipinski definition) is 5. The first kappa shape index (κ1) is 27.2. The number of H-pyrrole nitrogens is 1. The number of hydrogen-bond donors (Lipinski definition) is 3. The van der Waals surface area contributed by atoms with Gasteiger partial charge in [0, 0.05) is 15.9 Å². The van der Waals surface area contributed by atoms with E-state index in [-0.39, 0.29) is 4.90 Å². The van der Waals surface area contributed by atoms with Gasteiger partial charge < -0.3 is 15.0 Å². The van der Waals surface area contributed by atoms with Crippen LogP contribution in [0.5, 0.6) is 5.75 Å². The Labute approximate surface area is 226 Å². The van der Waals surface area contributed by atoms with Crippen LogP contribution in [0.25, 0.3) is 10.9 Å². The molecule has 0 fully saturated rings. The number of aryl methyl sites for hydroxylation is 3. The quantitative estimate of drug-likeness (QED) is 0.246. The molecule has 0 bridgehead atoms. The average Bonchev–Trinajstić information content (AvgIpc) is 3.27. The lowest BCUT2D eigenvalue weighted by Crippen LogP contribution is -2.40. The lowest BCUT2D eigenvalue weighted by atomic mass is 10.1. The lowest BCUT2D eigenvalue weighted by molar-refractivity contribution is -0.118. The molecule has 0 aliphatic carbocycles. The first-order valence-corrected chi connectivity index (χ1v) is 13.9. The fourth-order valence-corrected chi connectivity index (χ4v) is 5.29. The summed E-state index contributed by atoms with van der Waals surface area (Å²) in [6.45, 7) is 3.78. The van der Waals surface area contributed by atoms with Crippen molar-refractivity contribution in [3.8, 4) is 5.75 Å². The Hall–Kier alpha value is -3.82. The molecule has 0 unspecified atom stereocenters. The fourth-order valence-electron chi connectivity index (χ4n) is 4.18.